The summed E-state index contributed by atoms with van der Waals surface area (Å²) >= 11 is 0. The minimum atomic E-state index is -0.994. The van der Waals surface area contributed by atoms with Crippen LogP contribution in [-0.2, 0) is 4.79 Å². The second-order valence-electron chi connectivity index (χ2n) is 3.80. The average molecular weight is 258 g/mol. The maximum Gasteiger partial charge on any atom is 0.328 e. The first-order valence-electron chi connectivity index (χ1n) is 5.58. The molecule has 0 aromatic heterocycles. The van der Waals surface area contributed by atoms with Crippen LogP contribution in [0.5, 0.6) is 11.5 Å². The van der Waals surface area contributed by atoms with Gasteiger partial charge in [-0.25, -0.2) is 9.18 Å². The number of carboxylic acids is 1. The lowest BCUT2D eigenvalue weighted by Crippen LogP contribution is -1.86. The maximum atomic E-state index is 12.7. The maximum absolute atomic E-state index is 12.7. The minimum absolute atomic E-state index is 0.318. The Bertz CT molecular complexity index is 586. The van der Waals surface area contributed by atoms with Crippen molar-refractivity contribution in [3.05, 3.63) is 66.0 Å². The molecule has 0 fully saturated rings. The molecular weight excluding hydrogens is 247 g/mol. The first-order chi connectivity index (χ1) is 9.13. The van der Waals surface area contributed by atoms with Gasteiger partial charge < -0.3 is 9.84 Å². The number of aliphatic carboxylic acids is 1. The number of benzene rings is 2. The number of hydrogen-bond donors (Lipinski definition) is 1. The lowest BCUT2D eigenvalue weighted by molar-refractivity contribution is -0.131. The first kappa shape index (κ1) is 12.8. The van der Waals surface area contributed by atoms with Gasteiger partial charge in [0.1, 0.15) is 17.3 Å². The van der Waals surface area contributed by atoms with Crippen LogP contribution in [0, 0.1) is 5.82 Å². The molecule has 0 radical (unpaired) electrons. The lowest BCUT2D eigenvalue weighted by Gasteiger charge is -2.05. The summed E-state index contributed by atoms with van der Waals surface area (Å²) in [6.07, 6.45) is 2.56. The van der Waals surface area contributed by atoms with E-state index in [9.17, 15) is 9.18 Å². The van der Waals surface area contributed by atoms with Crippen molar-refractivity contribution in [3.8, 4) is 11.5 Å². The van der Waals surface area contributed by atoms with E-state index in [1.807, 2.05) is 0 Å². The molecule has 3 nitrogen and oxygen atoms in total. The van der Waals surface area contributed by atoms with E-state index in [0.717, 1.165) is 11.6 Å². The zero-order chi connectivity index (χ0) is 13.7. The summed E-state index contributed by atoms with van der Waals surface area (Å²) in [4.78, 5) is 10.4. The van der Waals surface area contributed by atoms with E-state index in [4.69, 9.17) is 9.84 Å². The van der Waals surface area contributed by atoms with E-state index >= 15 is 0 Å². The molecule has 2 rings (SSSR count). The molecule has 0 aliphatic rings. The smallest absolute Gasteiger partial charge is 0.328 e. The summed E-state index contributed by atoms with van der Waals surface area (Å²) in [5, 5.41) is 8.50. The second kappa shape index (κ2) is 5.82. The Hall–Kier alpha value is -2.62. The van der Waals surface area contributed by atoms with E-state index < -0.39 is 5.97 Å². The van der Waals surface area contributed by atoms with E-state index in [1.54, 1.807) is 24.3 Å². The van der Waals surface area contributed by atoms with E-state index in [0.29, 0.717) is 11.5 Å². The van der Waals surface area contributed by atoms with Crippen LogP contribution in [0.15, 0.2) is 54.6 Å². The third-order valence-corrected chi connectivity index (χ3v) is 2.35. The van der Waals surface area contributed by atoms with Crippen molar-refractivity contribution in [2.45, 2.75) is 0 Å². The molecule has 19 heavy (non-hydrogen) atoms. The standard InChI is InChI=1S/C15H11FO3/c16-12-4-8-14(9-5-12)19-13-6-1-11(2-7-13)3-10-15(17)18/h1-10H,(H,17,18). The summed E-state index contributed by atoms with van der Waals surface area (Å²) in [6, 6.07) is 12.6. The number of carbonyl (C=O) groups is 1. The normalized spacial score (nSPS) is 10.6. The van der Waals surface area contributed by atoms with Gasteiger partial charge in [-0.05, 0) is 48.0 Å². The molecule has 0 spiro atoms. The molecule has 0 saturated heterocycles. The van der Waals surface area contributed by atoms with Crippen LogP contribution in [-0.4, -0.2) is 11.1 Å². The largest absolute Gasteiger partial charge is 0.478 e. The van der Waals surface area contributed by atoms with Gasteiger partial charge in [0.2, 0.25) is 0 Å². The Kier molecular flexibility index (Phi) is 3.93. The van der Waals surface area contributed by atoms with Crippen LogP contribution < -0.4 is 4.74 Å². The van der Waals surface area contributed by atoms with Gasteiger partial charge in [-0.15, -0.1) is 0 Å². The van der Waals surface area contributed by atoms with Gasteiger partial charge in [0, 0.05) is 6.08 Å². The highest BCUT2D eigenvalue weighted by molar-refractivity contribution is 5.85. The predicted molar refractivity (Wildman–Crippen MR) is 69.6 cm³/mol. The molecule has 2 aromatic rings. The third kappa shape index (κ3) is 3.96. The number of rotatable bonds is 4. The molecule has 0 aliphatic heterocycles. The van der Waals surface area contributed by atoms with Gasteiger partial charge in [-0.2, -0.15) is 0 Å². The van der Waals surface area contributed by atoms with Crippen molar-refractivity contribution in [1.29, 1.82) is 0 Å². The Morgan fingerprint density at radius 1 is 1.00 bits per heavy atom. The van der Waals surface area contributed by atoms with Gasteiger partial charge >= 0.3 is 5.97 Å². The fraction of sp³-hybridized carbons (Fsp3) is 0. The van der Waals surface area contributed by atoms with Gasteiger partial charge in [-0.3, -0.25) is 0 Å². The molecule has 0 bridgehead atoms. The fourth-order valence-electron chi connectivity index (χ4n) is 1.45. The van der Waals surface area contributed by atoms with Gasteiger partial charge in [0.05, 0.1) is 0 Å². The van der Waals surface area contributed by atoms with Crippen LogP contribution in [0.25, 0.3) is 6.08 Å². The minimum Gasteiger partial charge on any atom is -0.478 e. The molecule has 0 atom stereocenters. The van der Waals surface area contributed by atoms with Gasteiger partial charge in [-0.1, -0.05) is 12.1 Å². The second-order valence-corrected chi connectivity index (χ2v) is 3.80. The number of carboxylic acid groups (broad SMARTS) is 1. The van der Waals surface area contributed by atoms with Crippen molar-refractivity contribution in [3.63, 3.8) is 0 Å². The predicted octanol–water partition coefficient (Wildman–Crippen LogP) is 3.72. The summed E-state index contributed by atoms with van der Waals surface area (Å²) in [5.74, 6) is -0.178. The highest BCUT2D eigenvalue weighted by Gasteiger charge is 1.98. The van der Waals surface area contributed by atoms with E-state index in [1.165, 1.54) is 30.3 Å². The summed E-state index contributed by atoms with van der Waals surface area (Å²) in [5.41, 5.74) is 0.758. The highest BCUT2D eigenvalue weighted by atomic mass is 19.1. The zero-order valence-corrected chi connectivity index (χ0v) is 9.92. The summed E-state index contributed by atoms with van der Waals surface area (Å²) < 4.78 is 18.2. The lowest BCUT2D eigenvalue weighted by atomic mass is 10.2. The molecule has 0 aliphatic carbocycles. The zero-order valence-electron chi connectivity index (χ0n) is 9.92. The molecule has 1 N–H and O–H groups in total. The van der Waals surface area contributed by atoms with Crippen LogP contribution >= 0.6 is 0 Å². The SMILES string of the molecule is O=C(O)C=Cc1ccc(Oc2ccc(F)cc2)cc1. The molecular formula is C15H11FO3. The Balaban J connectivity index is 2.06. The first-order valence-corrected chi connectivity index (χ1v) is 5.58. The molecule has 0 heterocycles. The van der Waals surface area contributed by atoms with Crippen LogP contribution in [0.1, 0.15) is 5.56 Å². The fourth-order valence-corrected chi connectivity index (χ4v) is 1.45. The van der Waals surface area contributed by atoms with Crippen LogP contribution in [0.4, 0.5) is 4.39 Å². The molecule has 96 valence electrons. The molecule has 4 heteroatoms. The molecule has 0 amide bonds. The Labute approximate surface area is 109 Å². The van der Waals surface area contributed by atoms with Gasteiger partial charge in [0.15, 0.2) is 0 Å². The van der Waals surface area contributed by atoms with Crippen molar-refractivity contribution in [1.82, 2.24) is 0 Å². The quantitative estimate of drug-likeness (QED) is 0.850. The molecule has 2 aromatic carbocycles. The number of halogens is 1. The monoisotopic (exact) mass is 258 g/mol. The van der Waals surface area contributed by atoms with E-state index in [-0.39, 0.29) is 5.82 Å². The Morgan fingerprint density at radius 3 is 2.05 bits per heavy atom. The van der Waals surface area contributed by atoms with Crippen molar-refractivity contribution in [2.75, 3.05) is 0 Å². The van der Waals surface area contributed by atoms with Gasteiger partial charge in [0.25, 0.3) is 0 Å². The molecule has 0 unspecified atom stereocenters. The van der Waals surface area contributed by atoms with Crippen molar-refractivity contribution >= 4 is 12.0 Å². The highest BCUT2D eigenvalue weighted by Crippen LogP contribution is 2.22. The van der Waals surface area contributed by atoms with Crippen LogP contribution in [0.3, 0.4) is 0 Å². The topological polar surface area (TPSA) is 46.5 Å². The number of ether oxygens (including phenoxy) is 1. The Morgan fingerprint density at radius 2 is 1.53 bits per heavy atom. The average Bonchev–Trinajstić information content (AvgIpc) is 2.40. The van der Waals surface area contributed by atoms with Crippen molar-refractivity contribution < 1.29 is 19.0 Å². The van der Waals surface area contributed by atoms with Crippen LogP contribution in [0.2, 0.25) is 0 Å². The van der Waals surface area contributed by atoms with Crippen molar-refractivity contribution in [2.24, 2.45) is 0 Å². The third-order valence-electron chi connectivity index (χ3n) is 2.35. The summed E-state index contributed by atoms with van der Waals surface area (Å²) in [6.45, 7) is 0. The molecule has 0 saturated carbocycles. The number of hydrogen-bond acceptors (Lipinski definition) is 2. The summed E-state index contributed by atoms with van der Waals surface area (Å²) in [7, 11) is 0. The van der Waals surface area contributed by atoms with E-state index in [2.05, 4.69) is 0 Å².